The van der Waals surface area contributed by atoms with Gasteiger partial charge in [-0.25, -0.2) is 8.78 Å². The molecule has 128 valence electrons. The minimum absolute atomic E-state index is 0.0589. The van der Waals surface area contributed by atoms with E-state index >= 15 is 0 Å². The van der Waals surface area contributed by atoms with E-state index in [1.165, 1.54) is 23.8 Å². The van der Waals surface area contributed by atoms with Gasteiger partial charge < -0.3 is 10.2 Å². The lowest BCUT2D eigenvalue weighted by molar-refractivity contribution is -0.143. The van der Waals surface area contributed by atoms with Gasteiger partial charge >= 0.3 is 0 Å². The number of halogens is 2. The third-order valence-electron chi connectivity index (χ3n) is 5.11. The Labute approximate surface area is 145 Å². The van der Waals surface area contributed by atoms with Gasteiger partial charge in [0.15, 0.2) is 0 Å². The average Bonchev–Trinajstić information content (AvgIpc) is 2.55. The van der Waals surface area contributed by atoms with Crippen LogP contribution in [0.3, 0.4) is 0 Å². The van der Waals surface area contributed by atoms with Crippen LogP contribution in [0.5, 0.6) is 0 Å². The van der Waals surface area contributed by atoms with Crippen molar-refractivity contribution in [1.29, 1.82) is 0 Å². The maximum Gasteiger partial charge on any atom is 0.250 e. The Bertz CT molecular complexity index is 876. The SMILES string of the molecule is Cc1ccc(C2C(C)N3C(=O)C=C(c4ccc(F)cc4F)NC23)cc1. The summed E-state index contributed by atoms with van der Waals surface area (Å²) in [6.07, 6.45) is 1.16. The molecule has 25 heavy (non-hydrogen) atoms. The molecule has 2 aromatic rings. The van der Waals surface area contributed by atoms with E-state index in [0.717, 1.165) is 11.6 Å². The Morgan fingerprint density at radius 2 is 1.80 bits per heavy atom. The molecule has 3 nitrogen and oxygen atoms in total. The van der Waals surface area contributed by atoms with E-state index in [1.807, 2.05) is 26.0 Å². The number of nitrogens with one attached hydrogen (secondary N) is 1. The summed E-state index contributed by atoms with van der Waals surface area (Å²) >= 11 is 0. The Hall–Kier alpha value is -2.69. The van der Waals surface area contributed by atoms with E-state index in [0.29, 0.717) is 5.70 Å². The van der Waals surface area contributed by atoms with Crippen molar-refractivity contribution < 1.29 is 13.6 Å². The molecule has 2 heterocycles. The molecule has 1 N–H and O–H groups in total. The number of carbonyl (C=O) groups excluding carboxylic acids is 1. The van der Waals surface area contributed by atoms with Crippen LogP contribution in [0.1, 0.15) is 29.5 Å². The van der Waals surface area contributed by atoms with Crippen LogP contribution in [0.15, 0.2) is 48.5 Å². The van der Waals surface area contributed by atoms with Crippen LogP contribution in [0.2, 0.25) is 0 Å². The van der Waals surface area contributed by atoms with E-state index in [4.69, 9.17) is 0 Å². The molecule has 0 aromatic heterocycles. The van der Waals surface area contributed by atoms with Crippen molar-refractivity contribution in [1.82, 2.24) is 10.2 Å². The van der Waals surface area contributed by atoms with Crippen LogP contribution >= 0.6 is 0 Å². The lowest BCUT2D eigenvalue weighted by atomic mass is 9.78. The molecule has 3 atom stereocenters. The first-order valence-electron chi connectivity index (χ1n) is 8.28. The molecule has 0 radical (unpaired) electrons. The Kier molecular flexibility index (Phi) is 3.60. The first-order chi connectivity index (χ1) is 12.0. The van der Waals surface area contributed by atoms with Gasteiger partial charge in [-0.1, -0.05) is 29.8 Å². The van der Waals surface area contributed by atoms with Crippen molar-refractivity contribution in [3.63, 3.8) is 0 Å². The zero-order chi connectivity index (χ0) is 17.7. The lowest BCUT2D eigenvalue weighted by Crippen LogP contribution is -2.69. The zero-order valence-corrected chi connectivity index (χ0v) is 14.0. The van der Waals surface area contributed by atoms with Gasteiger partial charge in [-0.05, 0) is 31.5 Å². The normalized spacial score (nSPS) is 25.0. The van der Waals surface area contributed by atoms with Gasteiger partial charge in [-0.2, -0.15) is 0 Å². The molecular formula is C20H18F2N2O. The molecule has 0 bridgehead atoms. The highest BCUT2D eigenvalue weighted by molar-refractivity contribution is 5.98. The molecule has 2 aliphatic rings. The largest absolute Gasteiger partial charge is 0.364 e. The number of nitrogens with zero attached hydrogens (tertiary/aromatic N) is 1. The fourth-order valence-electron chi connectivity index (χ4n) is 3.77. The van der Waals surface area contributed by atoms with E-state index in [9.17, 15) is 13.6 Å². The van der Waals surface area contributed by atoms with E-state index in [-0.39, 0.29) is 29.6 Å². The average molecular weight is 340 g/mol. The summed E-state index contributed by atoms with van der Waals surface area (Å²) in [6.45, 7) is 4.04. The molecule has 3 unspecified atom stereocenters. The first-order valence-corrected chi connectivity index (χ1v) is 8.28. The Morgan fingerprint density at radius 1 is 1.08 bits per heavy atom. The topological polar surface area (TPSA) is 32.3 Å². The van der Waals surface area contributed by atoms with Crippen molar-refractivity contribution in [3.05, 3.63) is 76.9 Å². The molecule has 2 aromatic carbocycles. The zero-order valence-electron chi connectivity index (χ0n) is 14.0. The second-order valence-corrected chi connectivity index (χ2v) is 6.69. The predicted octanol–water partition coefficient (Wildman–Crippen LogP) is 3.56. The third-order valence-corrected chi connectivity index (χ3v) is 5.11. The van der Waals surface area contributed by atoms with Crippen LogP contribution in [0, 0.1) is 18.6 Å². The summed E-state index contributed by atoms with van der Waals surface area (Å²) in [4.78, 5) is 14.2. The van der Waals surface area contributed by atoms with Gasteiger partial charge in [-0.15, -0.1) is 0 Å². The first kappa shape index (κ1) is 15.8. The summed E-state index contributed by atoms with van der Waals surface area (Å²) in [5.41, 5.74) is 2.92. The summed E-state index contributed by atoms with van der Waals surface area (Å²) in [5.74, 6) is -1.35. The fourth-order valence-corrected chi connectivity index (χ4v) is 3.77. The number of benzene rings is 2. The predicted molar refractivity (Wildman–Crippen MR) is 91.5 cm³/mol. The minimum atomic E-state index is -0.681. The van der Waals surface area contributed by atoms with Crippen molar-refractivity contribution in [2.24, 2.45) is 0 Å². The van der Waals surface area contributed by atoms with E-state index in [1.54, 1.807) is 4.90 Å². The van der Waals surface area contributed by atoms with Crippen LogP contribution in [-0.2, 0) is 4.79 Å². The number of hydrogen-bond donors (Lipinski definition) is 1. The maximum absolute atomic E-state index is 14.1. The highest BCUT2D eigenvalue weighted by atomic mass is 19.1. The molecule has 4 rings (SSSR count). The number of carbonyl (C=O) groups is 1. The van der Waals surface area contributed by atoms with Crippen LogP contribution in [-0.4, -0.2) is 23.0 Å². The van der Waals surface area contributed by atoms with Crippen molar-refractivity contribution in [2.75, 3.05) is 0 Å². The summed E-state index contributed by atoms with van der Waals surface area (Å²) in [6, 6.07) is 11.7. The Morgan fingerprint density at radius 3 is 2.48 bits per heavy atom. The molecule has 0 aliphatic carbocycles. The molecule has 1 amide bonds. The van der Waals surface area contributed by atoms with Gasteiger partial charge in [-0.3, -0.25) is 4.79 Å². The number of aryl methyl sites for hydroxylation is 1. The molecule has 5 heteroatoms. The van der Waals surface area contributed by atoms with Crippen LogP contribution in [0.25, 0.3) is 5.70 Å². The van der Waals surface area contributed by atoms with Crippen molar-refractivity contribution >= 4 is 11.6 Å². The van der Waals surface area contributed by atoms with Gasteiger partial charge in [0.1, 0.15) is 17.8 Å². The second-order valence-electron chi connectivity index (χ2n) is 6.69. The summed E-state index contributed by atoms with van der Waals surface area (Å²) in [7, 11) is 0. The van der Waals surface area contributed by atoms with E-state index in [2.05, 4.69) is 17.4 Å². The van der Waals surface area contributed by atoms with Gasteiger partial charge in [0.2, 0.25) is 0 Å². The summed E-state index contributed by atoms with van der Waals surface area (Å²) in [5, 5.41) is 3.26. The van der Waals surface area contributed by atoms with Gasteiger partial charge in [0.25, 0.3) is 5.91 Å². The van der Waals surface area contributed by atoms with Crippen LogP contribution < -0.4 is 5.32 Å². The molecule has 2 aliphatic heterocycles. The highest BCUT2D eigenvalue weighted by Crippen LogP contribution is 2.42. The molecule has 0 spiro atoms. The highest BCUT2D eigenvalue weighted by Gasteiger charge is 2.50. The smallest absolute Gasteiger partial charge is 0.250 e. The minimum Gasteiger partial charge on any atom is -0.364 e. The standard InChI is InChI=1S/C20H18F2N2O/c1-11-3-5-13(6-4-11)19-12(2)24-18(25)10-17(23-20(19)24)15-8-7-14(21)9-16(15)22/h3-10,12,19-20,23H,1-2H3. The molecule has 0 saturated carbocycles. The molecular weight excluding hydrogens is 322 g/mol. The van der Waals surface area contributed by atoms with E-state index < -0.39 is 11.6 Å². The number of rotatable bonds is 2. The number of amides is 1. The quantitative estimate of drug-likeness (QED) is 0.907. The second kappa shape index (κ2) is 5.69. The fraction of sp³-hybridized carbons (Fsp3) is 0.250. The molecule has 1 fully saturated rings. The van der Waals surface area contributed by atoms with Crippen molar-refractivity contribution in [3.8, 4) is 0 Å². The lowest BCUT2D eigenvalue weighted by Gasteiger charge is -2.56. The summed E-state index contributed by atoms with van der Waals surface area (Å²) < 4.78 is 27.3. The Balaban J connectivity index is 1.67. The monoisotopic (exact) mass is 340 g/mol. The third kappa shape index (κ3) is 2.51. The maximum atomic E-state index is 14.1. The van der Waals surface area contributed by atoms with Crippen molar-refractivity contribution in [2.45, 2.75) is 32.0 Å². The number of hydrogen-bond acceptors (Lipinski definition) is 2. The van der Waals surface area contributed by atoms with Crippen LogP contribution in [0.4, 0.5) is 8.78 Å². The number of fused-ring (bicyclic) bond motifs is 1. The molecule has 1 saturated heterocycles. The van der Waals surface area contributed by atoms with Gasteiger partial charge in [0.05, 0.1) is 5.70 Å². The van der Waals surface area contributed by atoms with Gasteiger partial charge in [0, 0.05) is 29.7 Å².